The molecule has 0 unspecified atom stereocenters. The van der Waals surface area contributed by atoms with E-state index in [1.165, 1.54) is 0 Å². The van der Waals surface area contributed by atoms with Crippen molar-refractivity contribution >= 4 is 84.2 Å². The van der Waals surface area contributed by atoms with Gasteiger partial charge in [-0.3, -0.25) is 28.8 Å². The Bertz CT molecular complexity index is 2950. The van der Waals surface area contributed by atoms with Gasteiger partial charge in [-0.15, -0.1) is 0 Å². The monoisotopic (exact) mass is 1730 g/mol. The molecular formula is C85H158N14O22. The zero-order valence-electron chi connectivity index (χ0n) is 77.8. The van der Waals surface area contributed by atoms with E-state index < -0.39 is 165 Å². The van der Waals surface area contributed by atoms with Crippen LogP contribution in [0.5, 0.6) is 0 Å². The van der Waals surface area contributed by atoms with Crippen molar-refractivity contribution in [1.29, 1.82) is 0 Å². The molecule has 0 saturated carbocycles. The van der Waals surface area contributed by atoms with Crippen molar-refractivity contribution in [3.8, 4) is 0 Å². The molecule has 36 nitrogen and oxygen atoms in total. The Morgan fingerprint density at radius 1 is 0.165 bits per heavy atom. The van der Waals surface area contributed by atoms with Crippen molar-refractivity contribution in [2.75, 3.05) is 52.4 Å². The fraction of sp³-hybridized carbons (Fsp3) is 0.835. The maximum absolute atomic E-state index is 14.3. The van der Waals surface area contributed by atoms with E-state index in [2.05, 4.69) is 74.4 Å². The van der Waals surface area contributed by atoms with Crippen LogP contribution in [0.1, 0.15) is 327 Å². The molecule has 14 N–H and O–H groups in total. The van der Waals surface area contributed by atoms with Gasteiger partial charge < -0.3 is 112 Å². The van der Waals surface area contributed by atoms with Crippen molar-refractivity contribution in [3.63, 3.8) is 0 Å². The van der Waals surface area contributed by atoms with Gasteiger partial charge in [0.2, 0.25) is 35.4 Å². The molecule has 0 radical (unpaired) electrons. The Kier molecular flexibility index (Phi) is 52.4. The molecule has 0 aromatic carbocycles. The molecule has 700 valence electrons. The van der Waals surface area contributed by atoms with Gasteiger partial charge in [-0.25, -0.2) is 38.4 Å². The highest BCUT2D eigenvalue weighted by molar-refractivity contribution is 5.92. The van der Waals surface area contributed by atoms with Crippen molar-refractivity contribution < 1.29 is 105 Å². The number of amides is 14. The maximum Gasteiger partial charge on any atom is 0.408 e. The van der Waals surface area contributed by atoms with E-state index >= 15 is 0 Å². The van der Waals surface area contributed by atoms with E-state index in [4.69, 9.17) is 37.9 Å². The second-order valence-electron chi connectivity index (χ2n) is 38.2. The van der Waals surface area contributed by atoms with Crippen LogP contribution in [0.15, 0.2) is 0 Å². The molecule has 121 heavy (non-hydrogen) atoms. The van der Waals surface area contributed by atoms with Crippen molar-refractivity contribution in [1.82, 2.24) is 74.4 Å². The fourth-order valence-corrected chi connectivity index (χ4v) is 11.3. The summed E-state index contributed by atoms with van der Waals surface area (Å²) in [5.41, 5.74) is -6.29. The van der Waals surface area contributed by atoms with Crippen LogP contribution in [0.3, 0.4) is 0 Å². The molecular weight excluding hydrogens is 1570 g/mol. The van der Waals surface area contributed by atoms with E-state index in [0.717, 1.165) is 32.1 Å². The number of ether oxygens (including phenoxy) is 8. The van der Waals surface area contributed by atoms with Gasteiger partial charge in [0.05, 0.1) is 0 Å². The van der Waals surface area contributed by atoms with Gasteiger partial charge in [0.25, 0.3) is 0 Å². The highest BCUT2D eigenvalue weighted by atomic mass is 16.6. The third-order valence-corrected chi connectivity index (χ3v) is 16.5. The third kappa shape index (κ3) is 66.3. The summed E-state index contributed by atoms with van der Waals surface area (Å²) in [5.74, 6) is -3.19. The van der Waals surface area contributed by atoms with Gasteiger partial charge in [-0.2, -0.15) is 0 Å². The van der Waals surface area contributed by atoms with Gasteiger partial charge >= 0.3 is 48.7 Å². The summed E-state index contributed by atoms with van der Waals surface area (Å²) in [6.45, 7) is 43.0. The van der Waals surface area contributed by atoms with E-state index in [0.29, 0.717) is 89.9 Å². The van der Waals surface area contributed by atoms with E-state index in [-0.39, 0.29) is 90.9 Å². The summed E-state index contributed by atoms with van der Waals surface area (Å²) in [6, 6.07) is -6.44. The van der Waals surface area contributed by atoms with Gasteiger partial charge in [0.1, 0.15) is 81.1 Å². The van der Waals surface area contributed by atoms with Crippen molar-refractivity contribution in [2.45, 2.75) is 408 Å². The molecule has 0 rings (SSSR count). The van der Waals surface area contributed by atoms with Crippen LogP contribution in [0.2, 0.25) is 0 Å². The summed E-state index contributed by atoms with van der Waals surface area (Å²) >= 11 is 0. The highest BCUT2D eigenvalue weighted by Crippen LogP contribution is 2.18. The summed E-state index contributed by atoms with van der Waals surface area (Å²) in [6.07, 6.45) is 5.19. The molecule has 0 aliphatic heterocycles. The van der Waals surface area contributed by atoms with Crippen LogP contribution in [-0.2, 0) is 66.7 Å². The zero-order valence-corrected chi connectivity index (χ0v) is 77.8. The van der Waals surface area contributed by atoms with Gasteiger partial charge in [0.15, 0.2) is 0 Å². The van der Waals surface area contributed by atoms with Crippen LogP contribution in [0, 0.1) is 0 Å². The van der Waals surface area contributed by atoms with Gasteiger partial charge in [-0.05, 0) is 295 Å². The Morgan fingerprint density at radius 3 is 0.471 bits per heavy atom. The average molecular weight is 1730 g/mol. The molecule has 14 amide bonds. The van der Waals surface area contributed by atoms with E-state index in [9.17, 15) is 67.1 Å². The number of carbonyl (C=O) groups is 14. The van der Waals surface area contributed by atoms with Crippen molar-refractivity contribution in [2.24, 2.45) is 0 Å². The lowest BCUT2D eigenvalue weighted by Gasteiger charge is -2.25. The largest absolute Gasteiger partial charge is 0.444 e. The summed E-state index contributed by atoms with van der Waals surface area (Å²) in [5, 5.41) is 38.8. The molecule has 0 aromatic heterocycles. The zero-order chi connectivity index (χ0) is 92.4. The fourth-order valence-electron chi connectivity index (χ4n) is 11.3. The SMILES string of the molecule is CC(C)(C)OC(=O)NCCCC[C@H](NC(=O)OC(C)(C)C)C(=O)NCCCC[C@H](NC(=O)[C@H](CCCCNC(=O)OC(C)(C)C)NC(=O)OC(C)(C)C)C(=O)NCCCCCCCCCNC(=O)[C@H](CCCCNC(=O)[C@H](CCCCNC(=O)OC(C)(C)C)NC(=O)OC(C)(C)C)NC(=O)[C@H](CCCCNC(=O)OC(C)(C)C)NC(=O)OC(C)(C)C. The van der Waals surface area contributed by atoms with Crippen LogP contribution in [0.4, 0.5) is 38.4 Å². The normalized spacial score (nSPS) is 13.5. The molecule has 6 atom stereocenters. The molecule has 0 fully saturated rings. The molecule has 0 aromatic rings. The minimum absolute atomic E-state index is 0.117. The molecule has 0 aliphatic carbocycles. The van der Waals surface area contributed by atoms with Gasteiger partial charge in [0, 0.05) is 52.4 Å². The molecule has 0 heterocycles. The highest BCUT2D eigenvalue weighted by Gasteiger charge is 2.33. The first kappa shape index (κ1) is 112. The smallest absolute Gasteiger partial charge is 0.408 e. The predicted octanol–water partition coefficient (Wildman–Crippen LogP) is 11.8. The Labute approximate surface area is 720 Å². The number of unbranched alkanes of at least 4 members (excludes halogenated alkanes) is 12. The van der Waals surface area contributed by atoms with Gasteiger partial charge in [-0.1, -0.05) is 32.1 Å². The number of hydrogen-bond acceptors (Lipinski definition) is 22. The predicted molar refractivity (Wildman–Crippen MR) is 461 cm³/mol. The minimum Gasteiger partial charge on any atom is -0.444 e. The Morgan fingerprint density at radius 2 is 0.298 bits per heavy atom. The lowest BCUT2D eigenvalue weighted by Crippen LogP contribution is -2.54. The summed E-state index contributed by atoms with van der Waals surface area (Å²) in [7, 11) is 0. The molecule has 36 heteroatoms. The molecule has 0 bridgehead atoms. The van der Waals surface area contributed by atoms with Crippen LogP contribution < -0.4 is 74.4 Å². The minimum atomic E-state index is -1.15. The second-order valence-corrected chi connectivity index (χ2v) is 38.2. The van der Waals surface area contributed by atoms with Crippen LogP contribution in [-0.4, -0.2) is 218 Å². The number of hydrogen-bond donors (Lipinski definition) is 14. The standard InChI is InChI=1S/C85H158N14O22/c1-78(2,3)114-70(106)90-54-40-32-46-60(96-74(110)118-82(13,14)15)66(102)88-52-38-30-44-58(94-68(104)62(98-76(112)120-84(19,20)21)48-34-42-56-92-72(108)116-80(7,8)9)64(100)86-50-36-28-26-25-27-29-37-51-87-65(101)59(95-69(105)63(99-77(113)121-85(22,23)24)49-35-43-57-93-73(109)117-81(10,11)12)45-31-39-53-89-67(103)61(97-75(111)119-83(16,17)18)47-33-41-55-91-71(107)115-79(4,5)6/h58-63H,25-57H2,1-24H3,(H,86,100)(H,87,101)(H,88,102)(H,89,103)(H,90,106)(H,91,107)(H,92,108)(H,93,109)(H,94,104)(H,95,105)(H,96,110)(H,97,111)(H,98,112)(H,99,113)/t58-,59-,60-,61-,62-,63-/m0/s1. The molecule has 0 saturated heterocycles. The molecule has 0 spiro atoms. The Hall–Kier alpha value is -9.02. The van der Waals surface area contributed by atoms with Crippen LogP contribution in [0.25, 0.3) is 0 Å². The van der Waals surface area contributed by atoms with E-state index in [1.807, 2.05) is 0 Å². The topological polar surface area (TPSA) is 481 Å². The number of nitrogens with one attached hydrogen (secondary N) is 14. The lowest BCUT2D eigenvalue weighted by molar-refractivity contribution is -0.130. The third-order valence-electron chi connectivity index (χ3n) is 16.5. The number of carbonyl (C=O) groups excluding carboxylic acids is 14. The Balaban J connectivity index is 6.45. The first-order valence-electron chi connectivity index (χ1n) is 43.4. The average Bonchev–Trinajstić information content (AvgIpc) is 0.876. The quantitative estimate of drug-likeness (QED) is 0.0199. The van der Waals surface area contributed by atoms with Crippen molar-refractivity contribution in [3.05, 3.63) is 0 Å². The number of rotatable bonds is 52. The number of alkyl carbamates (subject to hydrolysis) is 8. The maximum atomic E-state index is 14.3. The summed E-state index contributed by atoms with van der Waals surface area (Å²) in [4.78, 5) is 186. The summed E-state index contributed by atoms with van der Waals surface area (Å²) < 4.78 is 43.2. The molecule has 0 aliphatic rings. The second kappa shape index (κ2) is 56.6. The van der Waals surface area contributed by atoms with E-state index in [1.54, 1.807) is 166 Å². The lowest BCUT2D eigenvalue weighted by atomic mass is 10.0. The first-order chi connectivity index (χ1) is 55.8. The first-order valence-corrected chi connectivity index (χ1v) is 43.4. The van der Waals surface area contributed by atoms with Crippen LogP contribution >= 0.6 is 0 Å².